The zero-order chi connectivity index (χ0) is 23.4. The van der Waals surface area contributed by atoms with Crippen LogP contribution in [0.5, 0.6) is 11.5 Å². The van der Waals surface area contributed by atoms with Crippen molar-refractivity contribution >= 4 is 27.9 Å². The van der Waals surface area contributed by atoms with Crippen LogP contribution in [0.25, 0.3) is 16.9 Å². The van der Waals surface area contributed by atoms with E-state index in [0.29, 0.717) is 27.2 Å². The summed E-state index contributed by atoms with van der Waals surface area (Å²) in [6, 6.07) is 12.4. The first-order valence-corrected chi connectivity index (χ1v) is 10.5. The van der Waals surface area contributed by atoms with Crippen LogP contribution in [0.15, 0.2) is 46.9 Å². The summed E-state index contributed by atoms with van der Waals surface area (Å²) < 4.78 is 23.3. The van der Waals surface area contributed by atoms with Crippen LogP contribution >= 0.6 is 15.9 Å². The lowest BCUT2D eigenvalue weighted by atomic mass is 10.0. The molecule has 1 heterocycles. The van der Waals surface area contributed by atoms with Crippen molar-refractivity contribution in [1.82, 2.24) is 9.78 Å². The van der Waals surface area contributed by atoms with Gasteiger partial charge in [0.2, 0.25) is 0 Å². The molecule has 8 nitrogen and oxygen atoms in total. The third kappa shape index (κ3) is 4.47. The molecule has 0 bridgehead atoms. The van der Waals surface area contributed by atoms with E-state index in [4.69, 9.17) is 18.9 Å². The summed E-state index contributed by atoms with van der Waals surface area (Å²) in [6.45, 7) is 3.80. The summed E-state index contributed by atoms with van der Waals surface area (Å²) >= 11 is 3.51. The Labute approximate surface area is 194 Å². The van der Waals surface area contributed by atoms with Crippen molar-refractivity contribution in [2.45, 2.75) is 20.0 Å². The van der Waals surface area contributed by atoms with Crippen LogP contribution in [-0.4, -0.2) is 49.2 Å². The fraction of sp³-hybridized carbons (Fsp3) is 0.261. The molecule has 0 aliphatic heterocycles. The highest BCUT2D eigenvalue weighted by atomic mass is 79.9. The van der Waals surface area contributed by atoms with E-state index in [2.05, 4.69) is 21.0 Å². The minimum atomic E-state index is -0.723. The van der Waals surface area contributed by atoms with Crippen molar-refractivity contribution in [1.29, 1.82) is 0 Å². The second-order valence-electron chi connectivity index (χ2n) is 6.96. The summed E-state index contributed by atoms with van der Waals surface area (Å²) in [5, 5.41) is 4.59. The minimum Gasteiger partial charge on any atom is -0.493 e. The van der Waals surface area contributed by atoms with Crippen molar-refractivity contribution in [2.24, 2.45) is 0 Å². The number of hydrogen-bond donors (Lipinski definition) is 0. The molecule has 0 spiro atoms. The molecule has 0 aliphatic carbocycles. The topological polar surface area (TPSA) is 88.9 Å². The molecular formula is C23H23BrN2O6. The smallest absolute Gasteiger partial charge is 0.357 e. The highest BCUT2D eigenvalue weighted by Gasteiger charge is 2.32. The first-order chi connectivity index (χ1) is 15.3. The van der Waals surface area contributed by atoms with Gasteiger partial charge in [-0.25, -0.2) is 14.3 Å². The first kappa shape index (κ1) is 23.3. The van der Waals surface area contributed by atoms with E-state index in [9.17, 15) is 9.59 Å². The van der Waals surface area contributed by atoms with Crippen molar-refractivity contribution < 1.29 is 28.5 Å². The van der Waals surface area contributed by atoms with E-state index < -0.39 is 11.9 Å². The van der Waals surface area contributed by atoms with Crippen LogP contribution in [0.2, 0.25) is 0 Å². The monoisotopic (exact) mass is 502 g/mol. The quantitative estimate of drug-likeness (QED) is 0.433. The SMILES string of the molecule is COC(=O)c1c(-c2cc(Br)c(OC(C)C)c(OC)c2)nn(-c2ccccc2)c1C(=O)OC. The summed E-state index contributed by atoms with van der Waals surface area (Å²) in [7, 11) is 3.99. The van der Waals surface area contributed by atoms with Crippen molar-refractivity contribution in [2.75, 3.05) is 21.3 Å². The molecule has 1 aromatic heterocycles. The molecule has 0 aliphatic rings. The van der Waals surface area contributed by atoms with E-state index in [1.54, 1.807) is 36.4 Å². The van der Waals surface area contributed by atoms with Gasteiger partial charge in [0, 0.05) is 5.56 Å². The lowest BCUT2D eigenvalue weighted by Gasteiger charge is -2.16. The van der Waals surface area contributed by atoms with Gasteiger partial charge in [0.25, 0.3) is 0 Å². The summed E-state index contributed by atoms with van der Waals surface area (Å²) in [5.74, 6) is -0.492. The van der Waals surface area contributed by atoms with Gasteiger partial charge in [-0.2, -0.15) is 5.10 Å². The van der Waals surface area contributed by atoms with Gasteiger partial charge in [-0.3, -0.25) is 0 Å². The second-order valence-corrected chi connectivity index (χ2v) is 7.81. The Morgan fingerprint density at radius 2 is 1.66 bits per heavy atom. The highest BCUT2D eigenvalue weighted by molar-refractivity contribution is 9.10. The Kier molecular flexibility index (Phi) is 7.19. The van der Waals surface area contributed by atoms with E-state index in [-0.39, 0.29) is 23.1 Å². The Hall–Kier alpha value is -3.33. The molecule has 0 amide bonds. The minimum absolute atomic E-state index is 0.0188. The van der Waals surface area contributed by atoms with E-state index in [1.807, 2.05) is 19.9 Å². The third-order valence-corrected chi connectivity index (χ3v) is 5.10. The average Bonchev–Trinajstić information content (AvgIpc) is 3.20. The lowest BCUT2D eigenvalue weighted by Crippen LogP contribution is -2.15. The Morgan fingerprint density at radius 1 is 1.00 bits per heavy atom. The zero-order valence-electron chi connectivity index (χ0n) is 18.3. The molecule has 0 radical (unpaired) electrons. The van der Waals surface area contributed by atoms with E-state index >= 15 is 0 Å². The first-order valence-electron chi connectivity index (χ1n) is 9.72. The number of carbonyl (C=O) groups excluding carboxylic acids is 2. The van der Waals surface area contributed by atoms with Crippen LogP contribution in [0.4, 0.5) is 0 Å². The number of rotatable bonds is 7. The van der Waals surface area contributed by atoms with Gasteiger partial charge in [0.15, 0.2) is 17.2 Å². The Morgan fingerprint density at radius 3 is 2.22 bits per heavy atom. The van der Waals surface area contributed by atoms with Gasteiger partial charge >= 0.3 is 11.9 Å². The summed E-state index contributed by atoms with van der Waals surface area (Å²) in [6.07, 6.45) is -0.0834. The molecule has 3 aromatic rings. The number of nitrogens with zero attached hydrogens (tertiary/aromatic N) is 2. The zero-order valence-corrected chi connectivity index (χ0v) is 19.9. The molecule has 0 N–H and O–H groups in total. The number of hydrogen-bond acceptors (Lipinski definition) is 7. The standard InChI is InChI=1S/C23H23BrN2O6/c1-13(2)32-21-16(24)11-14(12-17(21)29-3)19-18(22(27)30-4)20(23(28)31-5)26(25-19)15-9-7-6-8-10-15/h6-13H,1-5H3. The van der Waals surface area contributed by atoms with Gasteiger partial charge in [-0.1, -0.05) is 18.2 Å². The molecule has 0 saturated heterocycles. The van der Waals surface area contributed by atoms with Gasteiger partial charge in [0.05, 0.1) is 37.6 Å². The van der Waals surface area contributed by atoms with Crippen LogP contribution in [0.1, 0.15) is 34.7 Å². The maximum Gasteiger partial charge on any atom is 0.357 e. The Bertz CT molecular complexity index is 1140. The van der Waals surface area contributed by atoms with Crippen LogP contribution in [0, 0.1) is 0 Å². The molecule has 0 saturated carbocycles. The van der Waals surface area contributed by atoms with Gasteiger partial charge in [-0.05, 0) is 54.0 Å². The number of carbonyl (C=O) groups is 2. The van der Waals surface area contributed by atoms with Crippen LogP contribution in [-0.2, 0) is 9.47 Å². The number of benzene rings is 2. The van der Waals surface area contributed by atoms with Crippen molar-refractivity contribution in [3.63, 3.8) is 0 Å². The number of ether oxygens (including phenoxy) is 4. The molecule has 0 unspecified atom stereocenters. The maximum atomic E-state index is 12.8. The lowest BCUT2D eigenvalue weighted by molar-refractivity contribution is 0.0549. The molecule has 3 rings (SSSR count). The molecule has 0 atom stereocenters. The summed E-state index contributed by atoms with van der Waals surface area (Å²) in [4.78, 5) is 25.5. The fourth-order valence-electron chi connectivity index (χ4n) is 3.16. The van der Waals surface area contributed by atoms with Gasteiger partial charge in [0.1, 0.15) is 11.3 Å². The molecular weight excluding hydrogens is 480 g/mol. The molecule has 0 fully saturated rings. The second kappa shape index (κ2) is 9.86. The number of para-hydroxylation sites is 1. The van der Waals surface area contributed by atoms with Gasteiger partial charge < -0.3 is 18.9 Å². The van der Waals surface area contributed by atoms with Crippen LogP contribution in [0.3, 0.4) is 0 Å². The highest BCUT2D eigenvalue weighted by Crippen LogP contribution is 2.41. The van der Waals surface area contributed by atoms with E-state index in [1.165, 1.54) is 26.0 Å². The van der Waals surface area contributed by atoms with Crippen molar-refractivity contribution in [3.8, 4) is 28.4 Å². The predicted octanol–water partition coefficient (Wildman–Crippen LogP) is 4.67. The van der Waals surface area contributed by atoms with Crippen LogP contribution < -0.4 is 9.47 Å². The number of methoxy groups -OCH3 is 3. The summed E-state index contributed by atoms with van der Waals surface area (Å²) in [5.41, 5.74) is 1.27. The van der Waals surface area contributed by atoms with E-state index in [0.717, 1.165) is 0 Å². The maximum absolute atomic E-state index is 12.8. The Balaban J connectivity index is 2.34. The number of halogens is 1. The van der Waals surface area contributed by atoms with Gasteiger partial charge in [-0.15, -0.1) is 0 Å². The molecule has 2 aromatic carbocycles. The molecule has 32 heavy (non-hydrogen) atoms. The molecule has 9 heteroatoms. The fourth-order valence-corrected chi connectivity index (χ4v) is 3.70. The number of esters is 2. The third-order valence-electron chi connectivity index (χ3n) is 4.51. The van der Waals surface area contributed by atoms with Crippen molar-refractivity contribution in [3.05, 3.63) is 58.2 Å². The number of aromatic nitrogens is 2. The molecule has 168 valence electrons. The average molecular weight is 503 g/mol. The normalized spacial score (nSPS) is 10.7. The predicted molar refractivity (Wildman–Crippen MR) is 122 cm³/mol. The largest absolute Gasteiger partial charge is 0.493 e.